The number of hydrogen-bond acceptors (Lipinski definition) is 1. The van der Waals surface area contributed by atoms with Crippen molar-refractivity contribution in [2.75, 3.05) is 0 Å². The second-order valence-corrected chi connectivity index (χ2v) is 5.83. The van der Waals surface area contributed by atoms with Crippen LogP contribution in [0, 0.1) is 18.6 Å². The fourth-order valence-corrected chi connectivity index (χ4v) is 2.58. The summed E-state index contributed by atoms with van der Waals surface area (Å²) in [4.78, 5) is 0. The molecular formula is C15H12BrClF2O. The van der Waals surface area contributed by atoms with E-state index in [0.717, 1.165) is 5.56 Å². The molecule has 106 valence electrons. The Bertz CT molecular complexity index is 646. The zero-order valence-electron chi connectivity index (χ0n) is 10.6. The van der Waals surface area contributed by atoms with Gasteiger partial charge in [0.05, 0.1) is 10.6 Å². The molecular weight excluding hydrogens is 350 g/mol. The lowest BCUT2D eigenvalue weighted by molar-refractivity contribution is 0.175. The topological polar surface area (TPSA) is 20.2 Å². The van der Waals surface area contributed by atoms with E-state index in [1.54, 1.807) is 18.2 Å². The van der Waals surface area contributed by atoms with Gasteiger partial charge in [0, 0.05) is 17.0 Å². The minimum atomic E-state index is -1.02. The van der Waals surface area contributed by atoms with E-state index in [4.69, 9.17) is 11.6 Å². The average molecular weight is 362 g/mol. The monoisotopic (exact) mass is 360 g/mol. The first-order valence-corrected chi connectivity index (χ1v) is 7.13. The van der Waals surface area contributed by atoms with Gasteiger partial charge in [0.1, 0.15) is 11.6 Å². The van der Waals surface area contributed by atoms with Gasteiger partial charge < -0.3 is 5.11 Å². The van der Waals surface area contributed by atoms with Gasteiger partial charge in [-0.2, -0.15) is 0 Å². The lowest BCUT2D eigenvalue weighted by Gasteiger charge is -2.15. The number of aliphatic hydroxyl groups excluding tert-OH is 1. The Morgan fingerprint density at radius 3 is 2.65 bits per heavy atom. The Balaban J connectivity index is 2.35. The van der Waals surface area contributed by atoms with Crippen LogP contribution in [0.15, 0.2) is 34.8 Å². The molecule has 0 aliphatic carbocycles. The van der Waals surface area contributed by atoms with Crippen LogP contribution in [-0.2, 0) is 6.42 Å². The van der Waals surface area contributed by atoms with E-state index in [1.165, 1.54) is 12.1 Å². The second kappa shape index (κ2) is 6.20. The molecule has 0 aliphatic heterocycles. The number of hydrogen-bond donors (Lipinski definition) is 1. The summed E-state index contributed by atoms with van der Waals surface area (Å²) in [5.74, 6) is -1.37. The molecule has 1 atom stereocenters. The molecule has 20 heavy (non-hydrogen) atoms. The predicted molar refractivity (Wildman–Crippen MR) is 78.9 cm³/mol. The van der Waals surface area contributed by atoms with Crippen LogP contribution >= 0.6 is 27.5 Å². The van der Waals surface area contributed by atoms with Crippen molar-refractivity contribution in [1.29, 1.82) is 0 Å². The highest BCUT2D eigenvalue weighted by Crippen LogP contribution is 2.29. The molecule has 0 bridgehead atoms. The third kappa shape index (κ3) is 3.19. The molecule has 0 saturated carbocycles. The normalized spacial score (nSPS) is 12.5. The summed E-state index contributed by atoms with van der Waals surface area (Å²) >= 11 is 8.89. The van der Waals surface area contributed by atoms with Gasteiger partial charge in [0.15, 0.2) is 0 Å². The highest BCUT2D eigenvalue weighted by atomic mass is 79.9. The largest absolute Gasteiger partial charge is 0.388 e. The van der Waals surface area contributed by atoms with Crippen LogP contribution in [0.5, 0.6) is 0 Å². The molecule has 2 aromatic carbocycles. The first kappa shape index (κ1) is 15.4. The van der Waals surface area contributed by atoms with Crippen LogP contribution in [0.4, 0.5) is 8.78 Å². The molecule has 0 heterocycles. The van der Waals surface area contributed by atoms with Gasteiger partial charge in [0.25, 0.3) is 0 Å². The molecule has 0 radical (unpaired) electrons. The first-order valence-electron chi connectivity index (χ1n) is 5.96. The molecule has 0 saturated heterocycles. The Labute approximate surface area is 129 Å². The zero-order valence-corrected chi connectivity index (χ0v) is 13.0. The molecule has 0 fully saturated rings. The first-order chi connectivity index (χ1) is 9.40. The van der Waals surface area contributed by atoms with Crippen molar-refractivity contribution in [2.45, 2.75) is 19.4 Å². The van der Waals surface area contributed by atoms with Crippen molar-refractivity contribution in [3.63, 3.8) is 0 Å². The lowest BCUT2D eigenvalue weighted by atomic mass is 9.97. The van der Waals surface area contributed by atoms with Crippen LogP contribution < -0.4 is 0 Å². The average Bonchev–Trinajstić information content (AvgIpc) is 2.41. The molecule has 2 rings (SSSR count). The summed E-state index contributed by atoms with van der Waals surface area (Å²) in [6.07, 6.45) is -1.18. The van der Waals surface area contributed by atoms with Crippen molar-refractivity contribution in [3.8, 4) is 0 Å². The van der Waals surface area contributed by atoms with Gasteiger partial charge in [-0.05, 0) is 58.2 Å². The van der Waals surface area contributed by atoms with Crippen LogP contribution in [0.3, 0.4) is 0 Å². The Morgan fingerprint density at radius 1 is 1.25 bits per heavy atom. The minimum absolute atomic E-state index is 0.147. The van der Waals surface area contributed by atoms with E-state index < -0.39 is 17.7 Å². The number of aryl methyl sites for hydroxylation is 1. The van der Waals surface area contributed by atoms with Gasteiger partial charge in [-0.1, -0.05) is 17.7 Å². The summed E-state index contributed by atoms with van der Waals surface area (Å²) in [6, 6.07) is 7.53. The van der Waals surface area contributed by atoms with Gasteiger partial charge in [-0.3, -0.25) is 0 Å². The molecule has 0 amide bonds. The van der Waals surface area contributed by atoms with Crippen LogP contribution in [0.2, 0.25) is 5.02 Å². The molecule has 0 aromatic heterocycles. The number of benzene rings is 2. The van der Waals surface area contributed by atoms with Crippen LogP contribution in [0.25, 0.3) is 0 Å². The third-order valence-corrected chi connectivity index (χ3v) is 3.98. The maximum absolute atomic E-state index is 13.9. The van der Waals surface area contributed by atoms with Crippen LogP contribution in [0.1, 0.15) is 22.8 Å². The fraction of sp³-hybridized carbons (Fsp3) is 0.200. The van der Waals surface area contributed by atoms with E-state index in [0.29, 0.717) is 10.6 Å². The standard InChI is InChI=1S/C15H12BrClF2O/c1-8-2-3-9(17)6-10(8)14(20)7-11-13(18)5-4-12(16)15(11)19/h2-6,14,20H,7H2,1H3. The Kier molecular flexibility index (Phi) is 4.78. The van der Waals surface area contributed by atoms with E-state index in [2.05, 4.69) is 15.9 Å². The third-order valence-electron chi connectivity index (χ3n) is 3.14. The quantitative estimate of drug-likeness (QED) is 0.766. The lowest BCUT2D eigenvalue weighted by Crippen LogP contribution is -2.07. The minimum Gasteiger partial charge on any atom is -0.388 e. The number of aliphatic hydroxyl groups is 1. The number of rotatable bonds is 3. The summed E-state index contributed by atoms with van der Waals surface area (Å²) in [7, 11) is 0. The van der Waals surface area contributed by atoms with Crippen molar-refractivity contribution in [3.05, 3.63) is 68.2 Å². The summed E-state index contributed by atoms with van der Waals surface area (Å²) in [5, 5.41) is 10.7. The van der Waals surface area contributed by atoms with Crippen LogP contribution in [-0.4, -0.2) is 5.11 Å². The smallest absolute Gasteiger partial charge is 0.143 e. The van der Waals surface area contributed by atoms with Crippen molar-refractivity contribution in [2.24, 2.45) is 0 Å². The summed E-state index contributed by atoms with van der Waals surface area (Å²) in [6.45, 7) is 1.81. The zero-order chi connectivity index (χ0) is 14.9. The molecule has 5 heteroatoms. The van der Waals surface area contributed by atoms with Crippen molar-refractivity contribution < 1.29 is 13.9 Å². The van der Waals surface area contributed by atoms with Gasteiger partial charge in [0.2, 0.25) is 0 Å². The maximum atomic E-state index is 13.9. The van der Waals surface area contributed by atoms with E-state index in [9.17, 15) is 13.9 Å². The van der Waals surface area contributed by atoms with Gasteiger partial charge in [-0.25, -0.2) is 8.78 Å². The van der Waals surface area contributed by atoms with E-state index in [1.807, 2.05) is 6.92 Å². The summed E-state index contributed by atoms with van der Waals surface area (Å²) in [5.41, 5.74) is 1.24. The van der Waals surface area contributed by atoms with E-state index >= 15 is 0 Å². The highest BCUT2D eigenvalue weighted by Gasteiger charge is 2.18. The molecule has 1 nitrogen and oxygen atoms in total. The van der Waals surface area contributed by atoms with Crippen molar-refractivity contribution >= 4 is 27.5 Å². The molecule has 1 N–H and O–H groups in total. The molecule has 0 spiro atoms. The fourth-order valence-electron chi connectivity index (χ4n) is 2.03. The molecule has 0 aliphatic rings. The highest BCUT2D eigenvalue weighted by molar-refractivity contribution is 9.10. The SMILES string of the molecule is Cc1ccc(Cl)cc1C(O)Cc1c(F)ccc(Br)c1F. The molecule has 1 unspecified atom stereocenters. The predicted octanol–water partition coefficient (Wildman–Crippen LogP) is 4.97. The number of halogens is 4. The van der Waals surface area contributed by atoms with Gasteiger partial charge in [-0.15, -0.1) is 0 Å². The maximum Gasteiger partial charge on any atom is 0.143 e. The summed E-state index contributed by atoms with van der Waals surface area (Å²) < 4.78 is 27.8. The van der Waals surface area contributed by atoms with Gasteiger partial charge >= 0.3 is 0 Å². The second-order valence-electron chi connectivity index (χ2n) is 4.54. The van der Waals surface area contributed by atoms with E-state index in [-0.39, 0.29) is 16.5 Å². The Hall–Kier alpha value is -0.970. The Morgan fingerprint density at radius 2 is 1.95 bits per heavy atom. The molecule has 2 aromatic rings. The van der Waals surface area contributed by atoms with Crippen molar-refractivity contribution in [1.82, 2.24) is 0 Å².